The highest BCUT2D eigenvalue weighted by Gasteiger charge is 2.42. The summed E-state index contributed by atoms with van der Waals surface area (Å²) in [6.07, 6.45) is 3.56. The van der Waals surface area contributed by atoms with Crippen molar-refractivity contribution >= 4 is 21.7 Å². The van der Waals surface area contributed by atoms with Gasteiger partial charge in [-0.2, -0.15) is 0 Å². The first-order valence-electron chi connectivity index (χ1n) is 10.8. The molecule has 3 aromatic rings. The van der Waals surface area contributed by atoms with Crippen molar-refractivity contribution in [3.8, 4) is 17.0 Å². The van der Waals surface area contributed by atoms with Crippen LogP contribution in [-0.2, 0) is 20.2 Å². The van der Waals surface area contributed by atoms with E-state index in [2.05, 4.69) is 15.0 Å². The van der Waals surface area contributed by atoms with E-state index in [-0.39, 0.29) is 10.8 Å². The third-order valence-corrected chi connectivity index (χ3v) is 7.68. The average Bonchev–Trinajstić information content (AvgIpc) is 3.36. The fourth-order valence-corrected chi connectivity index (χ4v) is 5.09. The van der Waals surface area contributed by atoms with Gasteiger partial charge in [0, 0.05) is 5.56 Å². The SMILES string of the molecule is CNS(=O)(=O)c1ccc(-c2cccc(NC(=O)C3(c4ccc(OC)cc4)CCCC3)n2)cc1. The number of ether oxygens (including phenoxy) is 1. The Bertz CT molecular complexity index is 1230. The van der Waals surface area contributed by atoms with Gasteiger partial charge in [0.2, 0.25) is 15.9 Å². The Morgan fingerprint density at radius 2 is 1.64 bits per heavy atom. The molecule has 2 aromatic carbocycles. The molecule has 0 spiro atoms. The number of benzene rings is 2. The summed E-state index contributed by atoms with van der Waals surface area (Å²) in [4.78, 5) is 18.3. The molecular formula is C25H27N3O4S. The third-order valence-electron chi connectivity index (χ3n) is 6.25. The van der Waals surface area contributed by atoms with E-state index in [1.807, 2.05) is 36.4 Å². The summed E-state index contributed by atoms with van der Waals surface area (Å²) < 4.78 is 31.5. The second kappa shape index (κ2) is 9.33. The van der Waals surface area contributed by atoms with Crippen molar-refractivity contribution in [1.29, 1.82) is 0 Å². The van der Waals surface area contributed by atoms with Gasteiger partial charge in [-0.25, -0.2) is 18.1 Å². The van der Waals surface area contributed by atoms with E-state index >= 15 is 0 Å². The highest BCUT2D eigenvalue weighted by Crippen LogP contribution is 2.42. The van der Waals surface area contributed by atoms with Crippen LogP contribution in [0.3, 0.4) is 0 Å². The van der Waals surface area contributed by atoms with Crippen LogP contribution in [0.25, 0.3) is 11.3 Å². The maximum Gasteiger partial charge on any atom is 0.240 e. The summed E-state index contributed by atoms with van der Waals surface area (Å²) in [6, 6.07) is 19.6. The monoisotopic (exact) mass is 465 g/mol. The summed E-state index contributed by atoms with van der Waals surface area (Å²) in [5, 5.41) is 3.02. The van der Waals surface area contributed by atoms with Gasteiger partial charge in [-0.15, -0.1) is 0 Å². The molecule has 0 atom stereocenters. The summed E-state index contributed by atoms with van der Waals surface area (Å²) in [7, 11) is -0.505. The molecule has 0 unspecified atom stereocenters. The van der Waals surface area contributed by atoms with Crippen molar-refractivity contribution in [2.24, 2.45) is 0 Å². The quantitative estimate of drug-likeness (QED) is 0.547. The number of carbonyl (C=O) groups excluding carboxylic acids is 1. The first-order chi connectivity index (χ1) is 15.9. The van der Waals surface area contributed by atoms with Crippen LogP contribution in [-0.4, -0.2) is 33.5 Å². The van der Waals surface area contributed by atoms with Crippen LogP contribution in [0.4, 0.5) is 5.82 Å². The molecule has 2 N–H and O–H groups in total. The Hall–Kier alpha value is -3.23. The molecule has 8 heteroatoms. The van der Waals surface area contributed by atoms with Gasteiger partial charge < -0.3 is 10.1 Å². The summed E-state index contributed by atoms with van der Waals surface area (Å²) >= 11 is 0. The molecule has 0 bridgehead atoms. The molecule has 1 saturated carbocycles. The zero-order valence-corrected chi connectivity index (χ0v) is 19.5. The molecular weight excluding hydrogens is 438 g/mol. The minimum atomic E-state index is -3.50. The molecule has 1 fully saturated rings. The van der Waals surface area contributed by atoms with Crippen molar-refractivity contribution in [2.75, 3.05) is 19.5 Å². The molecule has 0 saturated heterocycles. The number of aromatic nitrogens is 1. The van der Waals surface area contributed by atoms with Gasteiger partial charge in [0.25, 0.3) is 0 Å². The number of anilines is 1. The summed E-state index contributed by atoms with van der Waals surface area (Å²) in [5.41, 5.74) is 1.79. The van der Waals surface area contributed by atoms with E-state index in [0.29, 0.717) is 11.5 Å². The largest absolute Gasteiger partial charge is 0.497 e. The predicted octanol–water partition coefficient (Wildman–Crippen LogP) is 4.12. The van der Waals surface area contributed by atoms with Crippen LogP contribution in [0.2, 0.25) is 0 Å². The zero-order chi connectivity index (χ0) is 23.5. The van der Waals surface area contributed by atoms with Gasteiger partial charge >= 0.3 is 0 Å². The number of methoxy groups -OCH3 is 1. The topological polar surface area (TPSA) is 97.4 Å². The highest BCUT2D eigenvalue weighted by atomic mass is 32.2. The minimum absolute atomic E-state index is 0.0646. The molecule has 1 aliphatic rings. The lowest BCUT2D eigenvalue weighted by atomic mass is 9.78. The molecule has 0 aliphatic heterocycles. The zero-order valence-electron chi connectivity index (χ0n) is 18.7. The first-order valence-corrected chi connectivity index (χ1v) is 12.3. The molecule has 1 aromatic heterocycles. The fraction of sp³-hybridized carbons (Fsp3) is 0.280. The molecule has 7 nitrogen and oxygen atoms in total. The van der Waals surface area contributed by atoms with Crippen molar-refractivity contribution in [3.63, 3.8) is 0 Å². The van der Waals surface area contributed by atoms with Crippen LogP contribution < -0.4 is 14.8 Å². The normalized spacial score (nSPS) is 15.2. The summed E-state index contributed by atoms with van der Waals surface area (Å²) in [6.45, 7) is 0. The van der Waals surface area contributed by atoms with Crippen LogP contribution in [0.5, 0.6) is 5.75 Å². The fourth-order valence-electron chi connectivity index (χ4n) is 4.36. The smallest absolute Gasteiger partial charge is 0.240 e. The van der Waals surface area contributed by atoms with Crippen molar-refractivity contribution in [1.82, 2.24) is 9.71 Å². The first kappa shape index (κ1) is 22.9. The number of pyridine rings is 1. The number of nitrogens with one attached hydrogen (secondary N) is 2. The van der Waals surface area contributed by atoms with Crippen LogP contribution in [0, 0.1) is 0 Å². The number of carbonyl (C=O) groups is 1. The van der Waals surface area contributed by atoms with Crippen molar-refractivity contribution in [3.05, 3.63) is 72.3 Å². The van der Waals surface area contributed by atoms with Gasteiger partial charge in [-0.1, -0.05) is 43.2 Å². The Balaban J connectivity index is 1.58. The van der Waals surface area contributed by atoms with Gasteiger partial charge in [0.05, 0.1) is 23.1 Å². The van der Waals surface area contributed by atoms with E-state index in [1.54, 1.807) is 25.3 Å². The molecule has 1 aliphatic carbocycles. The van der Waals surface area contributed by atoms with E-state index in [0.717, 1.165) is 42.6 Å². The molecule has 4 rings (SSSR count). The third kappa shape index (κ3) is 4.62. The van der Waals surface area contributed by atoms with Crippen LogP contribution in [0.15, 0.2) is 71.6 Å². The number of hydrogen-bond acceptors (Lipinski definition) is 5. The number of amides is 1. The number of rotatable bonds is 7. The molecule has 172 valence electrons. The molecule has 1 amide bonds. The standard InChI is InChI=1S/C25H27N3O4S/c1-26-33(30,31)21-14-8-18(9-15-21)22-6-5-7-23(27-22)28-24(29)25(16-3-4-17-25)19-10-12-20(32-2)13-11-19/h5-15,26H,3-4,16-17H2,1-2H3,(H,27,28,29). The Morgan fingerprint density at radius 3 is 2.24 bits per heavy atom. The lowest BCUT2D eigenvalue weighted by Gasteiger charge is -2.28. The van der Waals surface area contributed by atoms with Gasteiger partial charge in [0.1, 0.15) is 11.6 Å². The van der Waals surface area contributed by atoms with E-state index in [4.69, 9.17) is 4.74 Å². The van der Waals surface area contributed by atoms with E-state index < -0.39 is 15.4 Å². The second-order valence-electron chi connectivity index (χ2n) is 8.11. The Morgan fingerprint density at radius 1 is 0.970 bits per heavy atom. The van der Waals surface area contributed by atoms with Gasteiger partial charge in [0.15, 0.2) is 0 Å². The average molecular weight is 466 g/mol. The van der Waals surface area contributed by atoms with E-state index in [9.17, 15) is 13.2 Å². The maximum absolute atomic E-state index is 13.5. The molecule has 33 heavy (non-hydrogen) atoms. The lowest BCUT2D eigenvalue weighted by molar-refractivity contribution is -0.121. The van der Waals surface area contributed by atoms with Crippen LogP contribution >= 0.6 is 0 Å². The van der Waals surface area contributed by atoms with E-state index in [1.165, 1.54) is 19.2 Å². The van der Waals surface area contributed by atoms with Crippen molar-refractivity contribution < 1.29 is 17.9 Å². The van der Waals surface area contributed by atoms with Gasteiger partial charge in [-0.05, 0) is 61.9 Å². The van der Waals surface area contributed by atoms with Crippen LogP contribution in [0.1, 0.15) is 31.2 Å². The number of sulfonamides is 1. The lowest BCUT2D eigenvalue weighted by Crippen LogP contribution is -2.38. The minimum Gasteiger partial charge on any atom is -0.497 e. The predicted molar refractivity (Wildman–Crippen MR) is 128 cm³/mol. The van der Waals surface area contributed by atoms with Crippen molar-refractivity contribution in [2.45, 2.75) is 36.0 Å². The maximum atomic E-state index is 13.5. The molecule has 1 heterocycles. The second-order valence-corrected chi connectivity index (χ2v) is 10.00. The summed E-state index contributed by atoms with van der Waals surface area (Å²) in [5.74, 6) is 1.16. The number of nitrogens with zero attached hydrogens (tertiary/aromatic N) is 1. The number of hydrogen-bond donors (Lipinski definition) is 2. The molecule has 0 radical (unpaired) electrons. The Kier molecular flexibility index (Phi) is 6.49. The Labute approximate surface area is 194 Å². The van der Waals surface area contributed by atoms with Gasteiger partial charge in [-0.3, -0.25) is 4.79 Å². The highest BCUT2D eigenvalue weighted by molar-refractivity contribution is 7.89.